The molecule has 2 unspecified atom stereocenters. The lowest BCUT2D eigenvalue weighted by molar-refractivity contribution is 0.127. The molecule has 2 atom stereocenters. The second-order valence-electron chi connectivity index (χ2n) is 3.24. The Labute approximate surface area is 86.7 Å². The number of hydrogen-bond acceptors (Lipinski definition) is 5. The van der Waals surface area contributed by atoms with Crippen molar-refractivity contribution in [3.05, 3.63) is 18.0 Å². The average Bonchev–Trinajstić information content (AvgIpc) is 2.52. The van der Waals surface area contributed by atoms with Crippen molar-refractivity contribution in [3.63, 3.8) is 0 Å². The first kappa shape index (κ1) is 9.89. The number of aliphatic hydroxyl groups excluding tert-OH is 1. The quantitative estimate of drug-likeness (QED) is 0.729. The molecule has 1 N–H and O–H groups in total. The normalized spacial score (nSPS) is 26.7. The summed E-state index contributed by atoms with van der Waals surface area (Å²) in [6, 6.07) is 1.85. The molecule has 76 valence electrons. The Kier molecular flexibility index (Phi) is 3.00. The third-order valence-electron chi connectivity index (χ3n) is 2.03. The lowest BCUT2D eigenvalue weighted by Gasteiger charge is -2.09. The van der Waals surface area contributed by atoms with E-state index in [4.69, 9.17) is 4.74 Å². The molecule has 1 aliphatic heterocycles. The minimum atomic E-state index is -0.399. The van der Waals surface area contributed by atoms with Crippen LogP contribution in [0.4, 0.5) is 0 Å². The number of ether oxygens (including phenoxy) is 1. The Bertz CT molecular complexity index is 321. The van der Waals surface area contributed by atoms with E-state index in [0.717, 1.165) is 5.69 Å². The highest BCUT2D eigenvalue weighted by molar-refractivity contribution is 7.99. The molecule has 0 radical (unpaired) electrons. The summed E-state index contributed by atoms with van der Waals surface area (Å²) in [4.78, 5) is 8.38. The van der Waals surface area contributed by atoms with E-state index < -0.39 is 6.10 Å². The van der Waals surface area contributed by atoms with Gasteiger partial charge in [-0.05, 0) is 13.0 Å². The molecule has 4 nitrogen and oxygen atoms in total. The molecule has 0 amide bonds. The van der Waals surface area contributed by atoms with Crippen molar-refractivity contribution in [1.29, 1.82) is 0 Å². The summed E-state index contributed by atoms with van der Waals surface area (Å²) in [6.07, 6.45) is 1.33. The molecule has 0 spiro atoms. The van der Waals surface area contributed by atoms with E-state index in [9.17, 15) is 5.11 Å². The highest BCUT2D eigenvalue weighted by Crippen LogP contribution is 2.25. The fourth-order valence-electron chi connectivity index (χ4n) is 1.25. The first-order chi connectivity index (χ1) is 6.75. The fourth-order valence-corrected chi connectivity index (χ4v) is 2.24. The third-order valence-corrected chi connectivity index (χ3v) is 3.19. The number of aliphatic hydroxyl groups is 1. The van der Waals surface area contributed by atoms with Gasteiger partial charge in [0.2, 0.25) is 0 Å². The largest absolute Gasteiger partial charge is 0.389 e. The predicted molar refractivity (Wildman–Crippen MR) is 53.2 cm³/mol. The second kappa shape index (κ2) is 4.25. The monoisotopic (exact) mass is 212 g/mol. The van der Waals surface area contributed by atoms with Crippen molar-refractivity contribution in [2.75, 3.05) is 13.2 Å². The van der Waals surface area contributed by atoms with Gasteiger partial charge in [0.05, 0.1) is 24.6 Å². The van der Waals surface area contributed by atoms with Gasteiger partial charge in [-0.1, -0.05) is 11.8 Å². The highest BCUT2D eigenvalue weighted by Gasteiger charge is 2.27. The van der Waals surface area contributed by atoms with Crippen molar-refractivity contribution >= 4 is 11.8 Å². The summed E-state index contributed by atoms with van der Waals surface area (Å²) >= 11 is 1.48. The molecule has 1 aliphatic rings. The van der Waals surface area contributed by atoms with Crippen molar-refractivity contribution in [3.8, 4) is 0 Å². The molecule has 14 heavy (non-hydrogen) atoms. The van der Waals surface area contributed by atoms with Crippen molar-refractivity contribution in [1.82, 2.24) is 9.97 Å². The van der Waals surface area contributed by atoms with Gasteiger partial charge in [0.15, 0.2) is 5.16 Å². The van der Waals surface area contributed by atoms with Crippen LogP contribution in [-0.2, 0) is 4.74 Å². The van der Waals surface area contributed by atoms with Gasteiger partial charge >= 0.3 is 0 Å². The van der Waals surface area contributed by atoms with E-state index >= 15 is 0 Å². The lowest BCUT2D eigenvalue weighted by Crippen LogP contribution is -2.20. The fraction of sp³-hybridized carbons (Fsp3) is 0.556. The van der Waals surface area contributed by atoms with Crippen LogP contribution in [0.15, 0.2) is 17.4 Å². The maximum absolute atomic E-state index is 9.52. The van der Waals surface area contributed by atoms with Crippen LogP contribution in [0.5, 0.6) is 0 Å². The van der Waals surface area contributed by atoms with Crippen molar-refractivity contribution in [2.24, 2.45) is 0 Å². The van der Waals surface area contributed by atoms with Crippen molar-refractivity contribution < 1.29 is 9.84 Å². The van der Waals surface area contributed by atoms with Gasteiger partial charge in [-0.2, -0.15) is 0 Å². The summed E-state index contributed by atoms with van der Waals surface area (Å²) in [6.45, 7) is 2.92. The van der Waals surface area contributed by atoms with Crippen LogP contribution in [-0.4, -0.2) is 39.6 Å². The molecule has 0 saturated carbocycles. The van der Waals surface area contributed by atoms with Gasteiger partial charge in [0.25, 0.3) is 0 Å². The van der Waals surface area contributed by atoms with Crippen LogP contribution >= 0.6 is 11.8 Å². The molecule has 1 aromatic heterocycles. The molecule has 0 aromatic carbocycles. The Morgan fingerprint density at radius 2 is 2.43 bits per heavy atom. The number of aryl methyl sites for hydroxylation is 1. The topological polar surface area (TPSA) is 55.2 Å². The van der Waals surface area contributed by atoms with Gasteiger partial charge in [0.1, 0.15) is 0 Å². The van der Waals surface area contributed by atoms with Crippen LogP contribution in [0.1, 0.15) is 5.69 Å². The molecular weight excluding hydrogens is 200 g/mol. The molecule has 1 fully saturated rings. The van der Waals surface area contributed by atoms with E-state index in [-0.39, 0.29) is 5.25 Å². The number of nitrogens with zero attached hydrogens (tertiary/aromatic N) is 2. The van der Waals surface area contributed by atoms with Gasteiger partial charge in [-0.3, -0.25) is 0 Å². The zero-order chi connectivity index (χ0) is 9.97. The summed E-state index contributed by atoms with van der Waals surface area (Å²) in [5.41, 5.74) is 0.941. The minimum Gasteiger partial charge on any atom is -0.389 e. The van der Waals surface area contributed by atoms with Gasteiger partial charge in [-0.25, -0.2) is 9.97 Å². The van der Waals surface area contributed by atoms with E-state index in [1.807, 2.05) is 13.0 Å². The van der Waals surface area contributed by atoms with Crippen LogP contribution in [0, 0.1) is 6.92 Å². The molecule has 1 aromatic rings. The van der Waals surface area contributed by atoms with Crippen molar-refractivity contribution in [2.45, 2.75) is 23.4 Å². The van der Waals surface area contributed by atoms with E-state index in [1.165, 1.54) is 11.8 Å². The number of hydrogen-bond donors (Lipinski definition) is 1. The summed E-state index contributed by atoms with van der Waals surface area (Å²) in [5, 5.41) is 10.3. The Morgan fingerprint density at radius 1 is 1.57 bits per heavy atom. The Morgan fingerprint density at radius 3 is 3.07 bits per heavy atom. The standard InChI is InChI=1S/C9H12N2O2S/c1-6-2-3-10-9(11-6)14-8-5-13-4-7(8)12/h2-3,7-8,12H,4-5H2,1H3. The maximum atomic E-state index is 9.52. The molecule has 2 heterocycles. The van der Waals surface area contributed by atoms with E-state index in [2.05, 4.69) is 9.97 Å². The summed E-state index contributed by atoms with van der Waals surface area (Å²) in [7, 11) is 0. The average molecular weight is 212 g/mol. The second-order valence-corrected chi connectivity index (χ2v) is 4.45. The van der Waals surface area contributed by atoms with E-state index in [1.54, 1.807) is 6.20 Å². The minimum absolute atomic E-state index is 0.0665. The number of thioether (sulfide) groups is 1. The molecule has 2 rings (SSSR count). The molecule has 5 heteroatoms. The molecule has 0 aliphatic carbocycles. The lowest BCUT2D eigenvalue weighted by atomic mass is 10.3. The third kappa shape index (κ3) is 2.23. The molecule has 0 bridgehead atoms. The first-order valence-electron chi connectivity index (χ1n) is 4.48. The molecular formula is C9H12N2O2S. The summed E-state index contributed by atoms with van der Waals surface area (Å²) < 4.78 is 5.15. The van der Waals surface area contributed by atoms with Gasteiger partial charge in [-0.15, -0.1) is 0 Å². The predicted octanol–water partition coefficient (Wildman–Crippen LogP) is 0.637. The maximum Gasteiger partial charge on any atom is 0.188 e. The first-order valence-corrected chi connectivity index (χ1v) is 5.36. The van der Waals surface area contributed by atoms with Gasteiger partial charge < -0.3 is 9.84 Å². The summed E-state index contributed by atoms with van der Waals surface area (Å²) in [5.74, 6) is 0. The zero-order valence-corrected chi connectivity index (χ0v) is 8.70. The SMILES string of the molecule is Cc1ccnc(SC2COCC2O)n1. The van der Waals surface area contributed by atoms with Crippen LogP contribution in [0.25, 0.3) is 0 Å². The van der Waals surface area contributed by atoms with Gasteiger partial charge in [0, 0.05) is 11.9 Å². The molecule has 1 saturated heterocycles. The smallest absolute Gasteiger partial charge is 0.188 e. The number of rotatable bonds is 2. The van der Waals surface area contributed by atoms with Crippen LogP contribution < -0.4 is 0 Å². The Hall–Kier alpha value is -0.650. The van der Waals surface area contributed by atoms with E-state index in [0.29, 0.717) is 18.4 Å². The highest BCUT2D eigenvalue weighted by atomic mass is 32.2. The number of aromatic nitrogens is 2. The van der Waals surface area contributed by atoms with Crippen LogP contribution in [0.3, 0.4) is 0 Å². The zero-order valence-electron chi connectivity index (χ0n) is 7.88. The Balaban J connectivity index is 2.03. The van der Waals surface area contributed by atoms with Crippen LogP contribution in [0.2, 0.25) is 0 Å².